The van der Waals surface area contributed by atoms with Crippen molar-refractivity contribution in [1.29, 1.82) is 0 Å². The molecule has 0 radical (unpaired) electrons. The zero-order chi connectivity index (χ0) is 27.6. The number of carbonyl (C=O) groups is 1. The van der Waals surface area contributed by atoms with Gasteiger partial charge in [0.05, 0.1) is 27.8 Å². The lowest BCUT2D eigenvalue weighted by molar-refractivity contribution is -0.130. The van der Waals surface area contributed by atoms with Crippen LogP contribution in [-0.4, -0.2) is 62.7 Å². The summed E-state index contributed by atoms with van der Waals surface area (Å²) in [5, 5.41) is 2.80. The van der Waals surface area contributed by atoms with Gasteiger partial charge in [0, 0.05) is 42.2 Å². The molecular formula is C19H27N5O4. The summed E-state index contributed by atoms with van der Waals surface area (Å²) in [4.78, 5) is 21.3. The van der Waals surface area contributed by atoms with Crippen molar-refractivity contribution in [1.82, 2.24) is 15.3 Å². The van der Waals surface area contributed by atoms with E-state index in [9.17, 15) is 4.79 Å². The number of aromatic nitrogens is 2. The molecule has 28 heavy (non-hydrogen) atoms. The predicted molar refractivity (Wildman–Crippen MR) is 107 cm³/mol. The lowest BCUT2D eigenvalue weighted by Crippen LogP contribution is -2.36. The number of hydrogen-bond donors (Lipinski definition) is 2. The normalized spacial score (nSPS) is 22.3. The Morgan fingerprint density at radius 2 is 2.21 bits per heavy atom. The summed E-state index contributed by atoms with van der Waals surface area (Å²) in [6, 6.07) is 2.20. The number of methoxy groups -OCH3 is 2. The summed E-state index contributed by atoms with van der Waals surface area (Å²) in [5.41, 5.74) is 6.03. The molecule has 9 heteroatoms. The number of amides is 1. The molecule has 1 unspecified atom stereocenters. The first-order valence-electron chi connectivity index (χ1n) is 13.2. The molecule has 152 valence electrons. The highest BCUT2D eigenvalue weighted by Gasteiger charge is 2.22. The number of benzene rings is 1. The molecule has 1 amide bonds. The van der Waals surface area contributed by atoms with Crippen molar-refractivity contribution >= 4 is 28.6 Å². The van der Waals surface area contributed by atoms with Crippen LogP contribution in [0.4, 0.5) is 11.8 Å². The number of fused-ring (bicyclic) bond motifs is 1. The fourth-order valence-electron chi connectivity index (χ4n) is 2.87. The van der Waals surface area contributed by atoms with Gasteiger partial charge in [-0.2, -0.15) is 4.98 Å². The molecule has 1 fully saturated rings. The minimum absolute atomic E-state index is 0.000534. The molecule has 9 nitrogen and oxygen atoms in total. The van der Waals surface area contributed by atoms with Crippen LogP contribution in [0.15, 0.2) is 12.1 Å². The van der Waals surface area contributed by atoms with Crippen molar-refractivity contribution in [3.05, 3.63) is 12.1 Å². The van der Waals surface area contributed by atoms with E-state index in [1.165, 1.54) is 0 Å². The molecule has 1 saturated heterocycles. The van der Waals surface area contributed by atoms with Crippen molar-refractivity contribution in [2.45, 2.75) is 25.4 Å². The number of hydrogen-bond acceptors (Lipinski definition) is 8. The average Bonchev–Trinajstić information content (AvgIpc) is 3.26. The first-order valence-corrected chi connectivity index (χ1v) is 8.70. The van der Waals surface area contributed by atoms with E-state index in [0.29, 0.717) is 13.0 Å². The standard InChI is InChI=1S/C19H27N5O4/c1-24(8-5-7-21-18(25)14-6-4-9-28-14)19-22-13-11-16(27-3)15(26-2)10-12(13)17(20)23-19/h10-11,14H,4-9H2,1-3H3,(H,21,25)(H2,20,22,23)/i1D3,2D3,3D3. The lowest BCUT2D eigenvalue weighted by Gasteiger charge is -2.19. The first kappa shape index (κ1) is 11.3. The molecule has 2 heterocycles. The highest BCUT2D eigenvalue weighted by molar-refractivity contribution is 5.91. The summed E-state index contributed by atoms with van der Waals surface area (Å²) in [6.07, 6.45) is 1.16. The van der Waals surface area contributed by atoms with Crippen molar-refractivity contribution in [3.8, 4) is 11.5 Å². The summed E-state index contributed by atoms with van der Waals surface area (Å²) >= 11 is 0. The van der Waals surface area contributed by atoms with Gasteiger partial charge >= 0.3 is 0 Å². The number of nitrogen functional groups attached to an aromatic ring is 1. The Labute approximate surface area is 176 Å². The van der Waals surface area contributed by atoms with Crippen molar-refractivity contribution < 1.29 is 31.3 Å². The molecule has 2 aromatic rings. The second kappa shape index (κ2) is 8.92. The smallest absolute Gasteiger partial charge is 0.249 e. The van der Waals surface area contributed by atoms with Crippen LogP contribution >= 0.6 is 0 Å². The van der Waals surface area contributed by atoms with E-state index in [1.54, 1.807) is 0 Å². The van der Waals surface area contributed by atoms with E-state index >= 15 is 0 Å². The Morgan fingerprint density at radius 1 is 1.39 bits per heavy atom. The molecule has 1 atom stereocenters. The zero-order valence-electron chi connectivity index (χ0n) is 24.0. The summed E-state index contributed by atoms with van der Waals surface area (Å²) in [5.74, 6) is -1.62. The Hall–Kier alpha value is -2.81. The van der Waals surface area contributed by atoms with Crippen LogP contribution in [0.5, 0.6) is 11.5 Å². The third-order valence-corrected chi connectivity index (χ3v) is 4.32. The third-order valence-electron chi connectivity index (χ3n) is 4.32. The van der Waals surface area contributed by atoms with E-state index in [1.807, 2.05) is 0 Å². The summed E-state index contributed by atoms with van der Waals surface area (Å²) in [7, 11) is -5.87. The fraction of sp³-hybridized carbons (Fsp3) is 0.526. The number of carbonyl (C=O) groups excluding carboxylic acids is 1. The van der Waals surface area contributed by atoms with Gasteiger partial charge in [-0.05, 0) is 25.3 Å². The summed E-state index contributed by atoms with van der Waals surface area (Å²) in [6.45, 7) is -2.05. The SMILES string of the molecule is [2H]C([2H])([2H])Oc1cc2nc(N(CCCNC(=O)C3CCCO3)C([2H])([2H])[2H])nc(N)c2cc1OC([2H])([2H])[2H]. The van der Waals surface area contributed by atoms with Gasteiger partial charge in [-0.3, -0.25) is 4.79 Å². The number of rotatable bonds is 8. The van der Waals surface area contributed by atoms with Crippen molar-refractivity contribution in [3.63, 3.8) is 0 Å². The van der Waals surface area contributed by atoms with Gasteiger partial charge in [-0.15, -0.1) is 0 Å². The third kappa shape index (κ3) is 4.36. The summed E-state index contributed by atoms with van der Waals surface area (Å²) < 4.78 is 82.8. The van der Waals surface area contributed by atoms with Crippen molar-refractivity contribution in [2.75, 3.05) is 51.4 Å². The number of nitrogens with one attached hydrogen (secondary N) is 1. The molecule has 0 saturated carbocycles. The van der Waals surface area contributed by atoms with Gasteiger partial charge < -0.3 is 30.2 Å². The zero-order valence-corrected chi connectivity index (χ0v) is 15.0. The van der Waals surface area contributed by atoms with E-state index in [0.717, 1.165) is 23.5 Å². The second-order valence-electron chi connectivity index (χ2n) is 6.23. The van der Waals surface area contributed by atoms with Gasteiger partial charge in [0.2, 0.25) is 11.9 Å². The molecular weight excluding hydrogens is 362 g/mol. The van der Waals surface area contributed by atoms with Gasteiger partial charge in [0.1, 0.15) is 11.9 Å². The topological polar surface area (TPSA) is 112 Å². The molecule has 0 spiro atoms. The minimum Gasteiger partial charge on any atom is -0.493 e. The van der Waals surface area contributed by atoms with E-state index in [4.69, 9.17) is 32.3 Å². The van der Waals surface area contributed by atoms with Crippen molar-refractivity contribution in [2.24, 2.45) is 0 Å². The quantitative estimate of drug-likeness (QED) is 0.641. The first-order chi connectivity index (χ1) is 17.0. The minimum atomic E-state index is -2.94. The van der Waals surface area contributed by atoms with Crippen LogP contribution in [0.1, 0.15) is 31.6 Å². The van der Waals surface area contributed by atoms with Crippen LogP contribution in [0, 0.1) is 0 Å². The van der Waals surface area contributed by atoms with Gasteiger partial charge in [-0.1, -0.05) is 0 Å². The highest BCUT2D eigenvalue weighted by atomic mass is 16.5. The largest absolute Gasteiger partial charge is 0.493 e. The predicted octanol–water partition coefficient (Wildman–Crippen LogP) is 1.35. The van der Waals surface area contributed by atoms with E-state index in [2.05, 4.69) is 15.3 Å². The molecule has 0 bridgehead atoms. The Bertz CT molecular complexity index is 1120. The van der Waals surface area contributed by atoms with E-state index in [-0.39, 0.29) is 48.1 Å². The second-order valence-corrected chi connectivity index (χ2v) is 6.23. The molecule has 1 aliphatic rings. The lowest BCUT2D eigenvalue weighted by atomic mass is 10.2. The maximum Gasteiger partial charge on any atom is 0.249 e. The average molecular weight is 399 g/mol. The number of nitrogens with two attached hydrogens (primary N) is 1. The Morgan fingerprint density at radius 3 is 2.93 bits per heavy atom. The number of ether oxygens (including phenoxy) is 3. The van der Waals surface area contributed by atoms with Crippen LogP contribution < -0.4 is 25.4 Å². The maximum atomic E-state index is 12.1. The van der Waals surface area contributed by atoms with Crippen LogP contribution in [-0.2, 0) is 9.53 Å². The molecule has 3 N–H and O–H groups in total. The maximum absolute atomic E-state index is 12.1. The van der Waals surface area contributed by atoms with Gasteiger partial charge in [-0.25, -0.2) is 4.98 Å². The Kier molecular flexibility index (Phi) is 3.59. The molecule has 1 aromatic carbocycles. The Balaban J connectivity index is 1.88. The van der Waals surface area contributed by atoms with Gasteiger partial charge in [0.15, 0.2) is 11.5 Å². The van der Waals surface area contributed by atoms with Gasteiger partial charge in [0.25, 0.3) is 0 Å². The molecule has 0 aliphatic carbocycles. The molecule has 1 aliphatic heterocycles. The van der Waals surface area contributed by atoms with Crippen LogP contribution in [0.25, 0.3) is 10.9 Å². The highest BCUT2D eigenvalue weighted by Crippen LogP contribution is 2.33. The van der Waals surface area contributed by atoms with E-state index < -0.39 is 38.7 Å². The molecule has 1 aromatic heterocycles. The fourth-order valence-corrected chi connectivity index (χ4v) is 2.87. The number of anilines is 2. The molecule has 3 rings (SSSR count). The van der Waals surface area contributed by atoms with Crippen LogP contribution in [0.3, 0.4) is 0 Å². The monoisotopic (exact) mass is 398 g/mol. The number of nitrogens with zero attached hydrogens (tertiary/aromatic N) is 3. The van der Waals surface area contributed by atoms with Crippen LogP contribution in [0.2, 0.25) is 0 Å².